The monoisotopic (exact) mass is 268 g/mol. The lowest BCUT2D eigenvalue weighted by Gasteiger charge is -2.14. The Morgan fingerprint density at radius 1 is 1.44 bits per heavy atom. The standard InChI is InChI=1S/C9H17ClN2O3S/c10-5-3-7-16(14,15)12-8-4-1-2-6-11-9(8)13/h8,12H,1-7H2,(H,11,13). The molecule has 1 amide bonds. The lowest BCUT2D eigenvalue weighted by Crippen LogP contribution is -2.46. The van der Waals surface area contributed by atoms with Crippen molar-refractivity contribution in [1.29, 1.82) is 0 Å². The summed E-state index contributed by atoms with van der Waals surface area (Å²) >= 11 is 5.43. The van der Waals surface area contributed by atoms with Gasteiger partial charge in [-0.25, -0.2) is 13.1 Å². The van der Waals surface area contributed by atoms with Crippen LogP contribution < -0.4 is 10.0 Å². The van der Waals surface area contributed by atoms with Crippen LogP contribution in [0, 0.1) is 0 Å². The Morgan fingerprint density at radius 2 is 2.19 bits per heavy atom. The van der Waals surface area contributed by atoms with E-state index in [1.807, 2.05) is 0 Å². The summed E-state index contributed by atoms with van der Waals surface area (Å²) in [4.78, 5) is 11.5. The van der Waals surface area contributed by atoms with E-state index in [1.165, 1.54) is 0 Å². The molecular formula is C9H17ClN2O3S. The van der Waals surface area contributed by atoms with Gasteiger partial charge in [0.25, 0.3) is 0 Å². The van der Waals surface area contributed by atoms with Crippen LogP contribution >= 0.6 is 11.6 Å². The predicted molar refractivity (Wildman–Crippen MR) is 62.9 cm³/mol. The van der Waals surface area contributed by atoms with E-state index < -0.39 is 16.1 Å². The second-order valence-corrected chi connectivity index (χ2v) is 6.07. The third kappa shape index (κ3) is 4.67. The van der Waals surface area contributed by atoms with Crippen molar-refractivity contribution in [2.24, 2.45) is 0 Å². The van der Waals surface area contributed by atoms with Crippen LogP contribution in [-0.4, -0.2) is 38.5 Å². The van der Waals surface area contributed by atoms with Crippen molar-refractivity contribution >= 4 is 27.5 Å². The van der Waals surface area contributed by atoms with Gasteiger partial charge in [0.15, 0.2) is 0 Å². The highest BCUT2D eigenvalue weighted by Crippen LogP contribution is 2.07. The van der Waals surface area contributed by atoms with Crippen molar-refractivity contribution in [1.82, 2.24) is 10.0 Å². The third-order valence-electron chi connectivity index (χ3n) is 2.40. The fraction of sp³-hybridized carbons (Fsp3) is 0.889. The molecule has 1 rings (SSSR count). The molecule has 0 aromatic heterocycles. The van der Waals surface area contributed by atoms with Gasteiger partial charge in [-0.2, -0.15) is 0 Å². The van der Waals surface area contributed by atoms with Gasteiger partial charge in [0, 0.05) is 12.4 Å². The first kappa shape index (κ1) is 13.7. The summed E-state index contributed by atoms with van der Waals surface area (Å²) in [7, 11) is -3.39. The summed E-state index contributed by atoms with van der Waals surface area (Å²) in [6.07, 6.45) is 2.70. The summed E-state index contributed by atoms with van der Waals surface area (Å²) in [6.45, 7) is 0.624. The minimum Gasteiger partial charge on any atom is -0.355 e. The molecule has 0 aromatic rings. The molecule has 1 fully saturated rings. The first-order valence-electron chi connectivity index (χ1n) is 5.39. The molecule has 0 bridgehead atoms. The van der Waals surface area contributed by atoms with E-state index in [2.05, 4.69) is 10.0 Å². The second-order valence-electron chi connectivity index (χ2n) is 3.82. The molecule has 1 unspecified atom stereocenters. The minimum absolute atomic E-state index is 0.0275. The zero-order valence-electron chi connectivity index (χ0n) is 9.04. The molecule has 7 heteroatoms. The third-order valence-corrected chi connectivity index (χ3v) is 4.14. The molecule has 16 heavy (non-hydrogen) atoms. The van der Waals surface area contributed by atoms with Gasteiger partial charge < -0.3 is 5.32 Å². The Bertz CT molecular complexity index is 332. The Labute approximate surface area is 101 Å². The molecule has 2 N–H and O–H groups in total. The molecule has 1 atom stereocenters. The fourth-order valence-electron chi connectivity index (χ4n) is 1.57. The van der Waals surface area contributed by atoms with E-state index in [0.29, 0.717) is 25.3 Å². The number of alkyl halides is 1. The van der Waals surface area contributed by atoms with Crippen LogP contribution in [0.5, 0.6) is 0 Å². The molecule has 0 aliphatic carbocycles. The van der Waals surface area contributed by atoms with Gasteiger partial charge in [0.05, 0.1) is 5.75 Å². The number of carbonyl (C=O) groups excluding carboxylic acids is 1. The molecular weight excluding hydrogens is 252 g/mol. The van der Waals surface area contributed by atoms with Crippen LogP contribution in [0.2, 0.25) is 0 Å². The van der Waals surface area contributed by atoms with E-state index in [4.69, 9.17) is 11.6 Å². The van der Waals surface area contributed by atoms with Crippen molar-refractivity contribution < 1.29 is 13.2 Å². The molecule has 1 saturated heterocycles. The maximum absolute atomic E-state index is 11.6. The normalized spacial score (nSPS) is 22.6. The second kappa shape index (κ2) is 6.42. The number of hydrogen-bond acceptors (Lipinski definition) is 3. The Morgan fingerprint density at radius 3 is 2.88 bits per heavy atom. The smallest absolute Gasteiger partial charge is 0.238 e. The number of hydrogen-bond donors (Lipinski definition) is 2. The number of rotatable bonds is 5. The predicted octanol–water partition coefficient (Wildman–Crippen LogP) is 0.203. The summed E-state index contributed by atoms with van der Waals surface area (Å²) in [5.74, 6) is 0.0462. The van der Waals surface area contributed by atoms with Gasteiger partial charge in [-0.1, -0.05) is 0 Å². The van der Waals surface area contributed by atoms with Gasteiger partial charge >= 0.3 is 0 Å². The van der Waals surface area contributed by atoms with Gasteiger partial charge in [-0.15, -0.1) is 11.6 Å². The average molecular weight is 269 g/mol. The van der Waals surface area contributed by atoms with Crippen molar-refractivity contribution in [3.63, 3.8) is 0 Å². The van der Waals surface area contributed by atoms with Crippen molar-refractivity contribution in [3.05, 3.63) is 0 Å². The van der Waals surface area contributed by atoms with Gasteiger partial charge in [0.2, 0.25) is 15.9 Å². The summed E-state index contributed by atoms with van der Waals surface area (Å²) < 4.78 is 25.6. The fourth-order valence-corrected chi connectivity index (χ4v) is 3.16. The van der Waals surface area contributed by atoms with Crippen molar-refractivity contribution in [2.45, 2.75) is 31.7 Å². The number of nitrogens with one attached hydrogen (secondary N) is 2. The number of sulfonamides is 1. The number of halogens is 1. The van der Waals surface area contributed by atoms with Crippen molar-refractivity contribution in [3.8, 4) is 0 Å². The largest absolute Gasteiger partial charge is 0.355 e. The quantitative estimate of drug-likeness (QED) is 0.700. The van der Waals surface area contributed by atoms with E-state index >= 15 is 0 Å². The van der Waals surface area contributed by atoms with Crippen LogP contribution in [0.4, 0.5) is 0 Å². The van der Waals surface area contributed by atoms with Gasteiger partial charge in [-0.3, -0.25) is 4.79 Å². The molecule has 0 spiro atoms. The Kier molecular flexibility index (Phi) is 5.51. The van der Waals surface area contributed by atoms with Crippen LogP contribution in [0.1, 0.15) is 25.7 Å². The Balaban J connectivity index is 2.53. The van der Waals surface area contributed by atoms with E-state index in [-0.39, 0.29) is 11.7 Å². The SMILES string of the molecule is O=C1NCCCCC1NS(=O)(=O)CCCCl. The molecule has 0 saturated carbocycles. The van der Waals surface area contributed by atoms with E-state index in [1.54, 1.807) is 0 Å². The average Bonchev–Trinajstić information content (AvgIpc) is 2.41. The maximum atomic E-state index is 11.6. The van der Waals surface area contributed by atoms with Crippen LogP contribution in [0.3, 0.4) is 0 Å². The van der Waals surface area contributed by atoms with Gasteiger partial charge in [-0.05, 0) is 25.7 Å². The lowest BCUT2D eigenvalue weighted by molar-refractivity contribution is -0.122. The van der Waals surface area contributed by atoms with E-state index in [0.717, 1.165) is 12.8 Å². The maximum Gasteiger partial charge on any atom is 0.238 e. The van der Waals surface area contributed by atoms with Crippen molar-refractivity contribution in [2.75, 3.05) is 18.2 Å². The van der Waals surface area contributed by atoms with Crippen LogP contribution in [-0.2, 0) is 14.8 Å². The van der Waals surface area contributed by atoms with Gasteiger partial charge in [0.1, 0.15) is 6.04 Å². The molecule has 1 aliphatic rings. The Hall–Kier alpha value is -0.330. The molecule has 94 valence electrons. The highest BCUT2D eigenvalue weighted by Gasteiger charge is 2.25. The highest BCUT2D eigenvalue weighted by molar-refractivity contribution is 7.89. The van der Waals surface area contributed by atoms with E-state index in [9.17, 15) is 13.2 Å². The highest BCUT2D eigenvalue weighted by atomic mass is 35.5. The molecule has 1 aliphatic heterocycles. The summed E-state index contributed by atoms with van der Waals surface area (Å²) in [5.41, 5.74) is 0. The number of amides is 1. The first-order valence-corrected chi connectivity index (χ1v) is 7.57. The molecule has 0 radical (unpaired) electrons. The van der Waals surface area contributed by atoms with Crippen LogP contribution in [0.25, 0.3) is 0 Å². The topological polar surface area (TPSA) is 75.3 Å². The molecule has 1 heterocycles. The molecule has 0 aromatic carbocycles. The number of carbonyl (C=O) groups is 1. The lowest BCUT2D eigenvalue weighted by atomic mass is 10.1. The summed E-state index contributed by atoms with van der Waals surface area (Å²) in [6, 6.07) is -0.622. The first-order chi connectivity index (χ1) is 7.55. The summed E-state index contributed by atoms with van der Waals surface area (Å²) in [5, 5.41) is 2.68. The zero-order chi connectivity index (χ0) is 12.0. The van der Waals surface area contributed by atoms with Crippen LogP contribution in [0.15, 0.2) is 0 Å². The minimum atomic E-state index is -3.39. The zero-order valence-corrected chi connectivity index (χ0v) is 10.6. The molecule has 5 nitrogen and oxygen atoms in total.